The van der Waals surface area contributed by atoms with Crippen molar-refractivity contribution in [1.82, 2.24) is 0 Å². The van der Waals surface area contributed by atoms with Gasteiger partial charge in [0.05, 0.1) is 0 Å². The van der Waals surface area contributed by atoms with Gasteiger partial charge in [-0.25, -0.2) is 4.79 Å². The van der Waals surface area contributed by atoms with Gasteiger partial charge in [0.15, 0.2) is 12.9 Å². The Morgan fingerprint density at radius 3 is 3.00 bits per heavy atom. The third-order valence-corrected chi connectivity index (χ3v) is 1.87. The molecule has 0 bridgehead atoms. The van der Waals surface area contributed by atoms with Crippen molar-refractivity contribution < 1.29 is 19.4 Å². The molecule has 68 valence electrons. The van der Waals surface area contributed by atoms with E-state index in [-0.39, 0.29) is 6.79 Å². The summed E-state index contributed by atoms with van der Waals surface area (Å²) in [5, 5.41) is 8.80. The average Bonchev–Trinajstić information content (AvgIpc) is 2.17. The van der Waals surface area contributed by atoms with Crippen LogP contribution in [0.2, 0.25) is 0 Å². The number of para-hydroxylation sites is 1. The minimum absolute atomic E-state index is 0.00597. The van der Waals surface area contributed by atoms with Gasteiger partial charge < -0.3 is 14.6 Å². The van der Waals surface area contributed by atoms with E-state index in [0.29, 0.717) is 11.3 Å². The highest BCUT2D eigenvalue weighted by molar-refractivity contribution is 5.75. The minimum Gasteiger partial charge on any atom is -0.479 e. The monoisotopic (exact) mass is 180 g/mol. The Labute approximate surface area is 74.7 Å². The summed E-state index contributed by atoms with van der Waals surface area (Å²) in [7, 11) is 0. The fourth-order valence-corrected chi connectivity index (χ4v) is 1.29. The first-order valence-electron chi connectivity index (χ1n) is 3.85. The van der Waals surface area contributed by atoms with Crippen LogP contribution in [0.4, 0.5) is 0 Å². The fourth-order valence-electron chi connectivity index (χ4n) is 1.29. The van der Waals surface area contributed by atoms with Crippen molar-refractivity contribution in [1.29, 1.82) is 0 Å². The van der Waals surface area contributed by atoms with E-state index in [9.17, 15) is 4.79 Å². The number of carboxylic acids is 1. The maximum absolute atomic E-state index is 10.7. The summed E-state index contributed by atoms with van der Waals surface area (Å²) >= 11 is 0. The molecule has 13 heavy (non-hydrogen) atoms. The normalized spacial score (nSPS) is 20.2. The number of rotatable bonds is 1. The molecule has 1 aliphatic rings. The van der Waals surface area contributed by atoms with Crippen molar-refractivity contribution in [2.45, 2.75) is 6.10 Å². The highest BCUT2D eigenvalue weighted by Crippen LogP contribution is 2.31. The van der Waals surface area contributed by atoms with E-state index < -0.39 is 12.1 Å². The molecular formula is C9H8O4. The summed E-state index contributed by atoms with van der Waals surface area (Å²) in [5.74, 6) is -0.406. The van der Waals surface area contributed by atoms with Crippen LogP contribution >= 0.6 is 0 Å². The Kier molecular flexibility index (Phi) is 1.90. The number of benzene rings is 1. The number of hydrogen-bond acceptors (Lipinski definition) is 3. The predicted molar refractivity (Wildman–Crippen MR) is 43.4 cm³/mol. The number of carboxylic acid groups (broad SMARTS) is 1. The van der Waals surface area contributed by atoms with E-state index in [1.54, 1.807) is 24.3 Å². The molecule has 0 aliphatic carbocycles. The van der Waals surface area contributed by atoms with E-state index in [1.807, 2.05) is 0 Å². The molecule has 0 radical (unpaired) electrons. The molecule has 0 aromatic heterocycles. The Morgan fingerprint density at radius 1 is 1.46 bits per heavy atom. The van der Waals surface area contributed by atoms with Crippen molar-refractivity contribution >= 4 is 5.97 Å². The molecule has 1 N–H and O–H groups in total. The molecule has 1 aromatic carbocycles. The molecule has 2 rings (SSSR count). The topological polar surface area (TPSA) is 55.8 Å². The van der Waals surface area contributed by atoms with Crippen LogP contribution in [0.15, 0.2) is 24.3 Å². The third-order valence-electron chi connectivity index (χ3n) is 1.87. The van der Waals surface area contributed by atoms with Crippen molar-refractivity contribution in [2.75, 3.05) is 6.79 Å². The lowest BCUT2D eigenvalue weighted by Crippen LogP contribution is -2.23. The molecule has 1 aromatic rings. The zero-order valence-corrected chi connectivity index (χ0v) is 6.77. The number of fused-ring (bicyclic) bond motifs is 1. The maximum atomic E-state index is 10.7. The van der Waals surface area contributed by atoms with E-state index in [4.69, 9.17) is 14.6 Å². The lowest BCUT2D eigenvalue weighted by Gasteiger charge is -2.22. The van der Waals surface area contributed by atoms with Gasteiger partial charge >= 0.3 is 5.97 Å². The summed E-state index contributed by atoms with van der Waals surface area (Å²) in [6, 6.07) is 6.97. The van der Waals surface area contributed by atoms with Gasteiger partial charge in [0.2, 0.25) is 0 Å². The van der Waals surface area contributed by atoms with E-state index in [0.717, 1.165) is 0 Å². The van der Waals surface area contributed by atoms with E-state index >= 15 is 0 Å². The molecular weight excluding hydrogens is 172 g/mol. The van der Waals surface area contributed by atoms with Gasteiger partial charge in [-0.05, 0) is 6.07 Å². The van der Waals surface area contributed by atoms with Crippen molar-refractivity contribution in [3.05, 3.63) is 29.8 Å². The molecule has 1 unspecified atom stereocenters. The molecule has 0 spiro atoms. The van der Waals surface area contributed by atoms with Crippen molar-refractivity contribution in [2.24, 2.45) is 0 Å². The van der Waals surface area contributed by atoms with Gasteiger partial charge in [0.25, 0.3) is 0 Å². The van der Waals surface area contributed by atoms with Gasteiger partial charge in [-0.2, -0.15) is 0 Å². The first-order chi connectivity index (χ1) is 6.29. The molecule has 0 saturated carbocycles. The lowest BCUT2D eigenvalue weighted by atomic mass is 10.1. The summed E-state index contributed by atoms with van der Waals surface area (Å²) in [6.45, 7) is -0.00597. The highest BCUT2D eigenvalue weighted by atomic mass is 16.7. The Balaban J connectivity index is 2.42. The lowest BCUT2D eigenvalue weighted by molar-refractivity contribution is -0.159. The SMILES string of the molecule is O=C(O)C1OCOc2ccccc21. The van der Waals surface area contributed by atoms with Crippen LogP contribution in [-0.4, -0.2) is 17.9 Å². The van der Waals surface area contributed by atoms with Crippen LogP contribution in [0.5, 0.6) is 5.75 Å². The largest absolute Gasteiger partial charge is 0.479 e. The van der Waals surface area contributed by atoms with Gasteiger partial charge in [-0.1, -0.05) is 18.2 Å². The van der Waals surface area contributed by atoms with Crippen molar-refractivity contribution in [3.63, 3.8) is 0 Å². The zero-order valence-electron chi connectivity index (χ0n) is 6.77. The number of ether oxygens (including phenoxy) is 2. The second-order valence-corrected chi connectivity index (χ2v) is 2.68. The third kappa shape index (κ3) is 1.36. The molecule has 0 saturated heterocycles. The molecule has 1 aliphatic heterocycles. The second-order valence-electron chi connectivity index (χ2n) is 2.68. The van der Waals surface area contributed by atoms with Crippen LogP contribution in [0, 0.1) is 0 Å². The Morgan fingerprint density at radius 2 is 2.23 bits per heavy atom. The summed E-state index contributed by atoms with van der Waals surface area (Å²) < 4.78 is 10.1. The fraction of sp³-hybridized carbons (Fsp3) is 0.222. The standard InChI is InChI=1S/C9H8O4/c10-9(11)8-6-3-1-2-4-7(6)12-5-13-8/h1-4,8H,5H2,(H,10,11). The Hall–Kier alpha value is -1.55. The van der Waals surface area contributed by atoms with Gasteiger partial charge in [0.1, 0.15) is 5.75 Å². The van der Waals surface area contributed by atoms with Gasteiger partial charge in [0, 0.05) is 5.56 Å². The molecule has 1 heterocycles. The highest BCUT2D eigenvalue weighted by Gasteiger charge is 2.27. The smallest absolute Gasteiger partial charge is 0.337 e. The second kappa shape index (κ2) is 3.06. The van der Waals surface area contributed by atoms with Gasteiger partial charge in [-0.3, -0.25) is 0 Å². The molecule has 1 atom stereocenters. The van der Waals surface area contributed by atoms with Crippen LogP contribution in [-0.2, 0) is 9.53 Å². The van der Waals surface area contributed by atoms with Crippen LogP contribution in [0.1, 0.15) is 11.7 Å². The maximum Gasteiger partial charge on any atom is 0.337 e. The quantitative estimate of drug-likeness (QED) is 0.705. The first kappa shape index (κ1) is 8.07. The molecule has 0 fully saturated rings. The number of carbonyl (C=O) groups is 1. The summed E-state index contributed by atoms with van der Waals surface area (Å²) in [6.07, 6.45) is -0.898. The minimum atomic E-state index is -0.990. The Bertz CT molecular complexity index is 334. The molecule has 4 heteroatoms. The van der Waals surface area contributed by atoms with Crippen LogP contribution in [0.25, 0.3) is 0 Å². The van der Waals surface area contributed by atoms with Gasteiger partial charge in [-0.15, -0.1) is 0 Å². The average molecular weight is 180 g/mol. The number of hydrogen-bond donors (Lipinski definition) is 1. The first-order valence-corrected chi connectivity index (χ1v) is 3.85. The van der Waals surface area contributed by atoms with Crippen LogP contribution < -0.4 is 4.74 Å². The zero-order chi connectivity index (χ0) is 9.26. The molecule has 4 nitrogen and oxygen atoms in total. The predicted octanol–water partition coefficient (Wildman–Crippen LogP) is 1.18. The van der Waals surface area contributed by atoms with Crippen LogP contribution in [0.3, 0.4) is 0 Å². The van der Waals surface area contributed by atoms with E-state index in [1.165, 1.54) is 0 Å². The van der Waals surface area contributed by atoms with Crippen molar-refractivity contribution in [3.8, 4) is 5.75 Å². The number of aliphatic carboxylic acids is 1. The van der Waals surface area contributed by atoms with E-state index in [2.05, 4.69) is 0 Å². The molecule has 0 amide bonds. The summed E-state index contributed by atoms with van der Waals surface area (Å²) in [5.41, 5.74) is 0.571. The summed E-state index contributed by atoms with van der Waals surface area (Å²) in [4.78, 5) is 10.7.